The monoisotopic (exact) mass is 309 g/mol. The summed E-state index contributed by atoms with van der Waals surface area (Å²) in [5.74, 6) is 1.71. The van der Waals surface area contributed by atoms with Crippen LogP contribution in [0.3, 0.4) is 0 Å². The summed E-state index contributed by atoms with van der Waals surface area (Å²) in [6, 6.07) is 5.59. The molecule has 0 fully saturated rings. The van der Waals surface area contributed by atoms with E-state index in [4.69, 9.17) is 14.1 Å². The highest BCUT2D eigenvalue weighted by Gasteiger charge is 2.13. The zero-order valence-corrected chi connectivity index (χ0v) is 12.8. The Balaban J connectivity index is 1.74. The number of aromatic nitrogens is 2. The summed E-state index contributed by atoms with van der Waals surface area (Å²) in [7, 11) is 0. The fraction of sp³-hybridized carbons (Fsp3) is 0.250. The van der Waals surface area contributed by atoms with Crippen LogP contribution in [0, 0.1) is 17.2 Å². The molecule has 23 heavy (non-hydrogen) atoms. The number of rotatable bonds is 5. The Morgan fingerprint density at radius 2 is 2.30 bits per heavy atom. The summed E-state index contributed by atoms with van der Waals surface area (Å²) in [5.41, 5.74) is 3.61. The zero-order chi connectivity index (χ0) is 16.2. The molecule has 0 aliphatic rings. The van der Waals surface area contributed by atoms with Gasteiger partial charge in [0.25, 0.3) is 5.88 Å². The molecule has 0 radical (unpaired) electrons. The zero-order valence-electron chi connectivity index (χ0n) is 12.8. The number of hydrazone groups is 1. The molecule has 0 spiro atoms. The first-order chi connectivity index (χ1) is 11.2. The summed E-state index contributed by atoms with van der Waals surface area (Å²) in [6.45, 7) is 4.11. The summed E-state index contributed by atoms with van der Waals surface area (Å²) in [5, 5.41) is 14.0. The van der Waals surface area contributed by atoms with E-state index in [1.807, 2.05) is 12.1 Å². The Morgan fingerprint density at radius 3 is 3.04 bits per heavy atom. The highest BCUT2D eigenvalue weighted by molar-refractivity contribution is 5.86. The molecule has 0 atom stereocenters. The minimum absolute atomic E-state index is 0.187. The summed E-state index contributed by atoms with van der Waals surface area (Å²) >= 11 is 0. The number of hydrogen-bond donors (Lipinski definition) is 1. The number of oxazole rings is 1. The number of nitriles is 1. The molecule has 0 bridgehead atoms. The van der Waals surface area contributed by atoms with Gasteiger partial charge < -0.3 is 8.83 Å². The summed E-state index contributed by atoms with van der Waals surface area (Å²) in [4.78, 5) is 8.16. The first-order valence-corrected chi connectivity index (χ1v) is 7.18. The third kappa shape index (κ3) is 3.37. The lowest BCUT2D eigenvalue weighted by molar-refractivity contribution is 0.466. The van der Waals surface area contributed by atoms with Crippen LogP contribution in [0.25, 0.3) is 11.0 Å². The Morgan fingerprint density at radius 1 is 1.43 bits per heavy atom. The Bertz CT molecular complexity index is 852. The van der Waals surface area contributed by atoms with E-state index in [0.717, 1.165) is 11.0 Å². The van der Waals surface area contributed by atoms with Crippen LogP contribution in [0.4, 0.5) is 5.88 Å². The number of nitrogens with one attached hydrogen (secondary N) is 1. The van der Waals surface area contributed by atoms with Gasteiger partial charge in [-0.15, -0.1) is 0 Å². The van der Waals surface area contributed by atoms with E-state index >= 15 is 0 Å². The van der Waals surface area contributed by atoms with Crippen LogP contribution in [-0.4, -0.2) is 16.2 Å². The van der Waals surface area contributed by atoms with Gasteiger partial charge in [-0.1, -0.05) is 13.8 Å². The van der Waals surface area contributed by atoms with Gasteiger partial charge in [0.15, 0.2) is 5.89 Å². The number of nitrogens with zero attached hydrogens (tertiary/aromatic N) is 4. The lowest BCUT2D eigenvalue weighted by atomic mass is 10.1. The van der Waals surface area contributed by atoms with Crippen molar-refractivity contribution < 1.29 is 8.83 Å². The average Bonchev–Trinajstić information content (AvgIpc) is 3.09. The maximum atomic E-state index is 9.09. The van der Waals surface area contributed by atoms with Crippen molar-refractivity contribution in [2.45, 2.75) is 20.3 Å². The van der Waals surface area contributed by atoms with E-state index in [0.29, 0.717) is 24.0 Å². The molecule has 0 unspecified atom stereocenters. The molecular formula is C16H15N5O2. The maximum Gasteiger partial charge on any atom is 0.252 e. The molecule has 3 rings (SSSR count). The molecule has 3 heterocycles. The van der Waals surface area contributed by atoms with E-state index in [1.165, 1.54) is 6.21 Å². The van der Waals surface area contributed by atoms with Crippen molar-refractivity contribution in [2.24, 2.45) is 11.0 Å². The van der Waals surface area contributed by atoms with Crippen LogP contribution in [0.2, 0.25) is 0 Å². The van der Waals surface area contributed by atoms with Crippen LogP contribution in [0.5, 0.6) is 0 Å². The minimum atomic E-state index is 0.187. The maximum absolute atomic E-state index is 9.09. The quantitative estimate of drug-likeness (QED) is 0.573. The first kappa shape index (κ1) is 14.8. The van der Waals surface area contributed by atoms with Gasteiger partial charge in [-0.3, -0.25) is 4.98 Å². The van der Waals surface area contributed by atoms with E-state index in [9.17, 15) is 0 Å². The summed E-state index contributed by atoms with van der Waals surface area (Å²) in [6.07, 6.45) is 5.55. The molecule has 0 amide bonds. The van der Waals surface area contributed by atoms with Crippen LogP contribution >= 0.6 is 0 Å². The number of pyridine rings is 1. The van der Waals surface area contributed by atoms with E-state index in [-0.39, 0.29) is 11.6 Å². The van der Waals surface area contributed by atoms with Gasteiger partial charge in [-0.2, -0.15) is 10.4 Å². The van der Waals surface area contributed by atoms with Crippen molar-refractivity contribution in [2.75, 3.05) is 5.43 Å². The van der Waals surface area contributed by atoms with Crippen molar-refractivity contribution >= 4 is 23.1 Å². The van der Waals surface area contributed by atoms with E-state index in [2.05, 4.69) is 34.3 Å². The second-order valence-electron chi connectivity index (χ2n) is 5.43. The van der Waals surface area contributed by atoms with Gasteiger partial charge >= 0.3 is 0 Å². The van der Waals surface area contributed by atoms with Crippen LogP contribution in [0.15, 0.2) is 38.5 Å². The molecule has 116 valence electrons. The topological polar surface area (TPSA) is 100 Å². The SMILES string of the molecule is CC(C)Cc1nc(C#N)c(N/N=C/c2cc3cnccc3o2)o1. The normalized spacial score (nSPS) is 11.4. The molecule has 0 aliphatic heterocycles. The lowest BCUT2D eigenvalue weighted by Crippen LogP contribution is -1.93. The Labute approximate surface area is 132 Å². The molecule has 0 aromatic carbocycles. The third-order valence-corrected chi connectivity index (χ3v) is 3.05. The fourth-order valence-corrected chi connectivity index (χ4v) is 2.08. The number of hydrogen-bond acceptors (Lipinski definition) is 7. The van der Waals surface area contributed by atoms with Crippen molar-refractivity contribution in [1.82, 2.24) is 9.97 Å². The van der Waals surface area contributed by atoms with Crippen LogP contribution in [-0.2, 0) is 6.42 Å². The number of furan rings is 1. The third-order valence-electron chi connectivity index (χ3n) is 3.05. The van der Waals surface area contributed by atoms with Gasteiger partial charge in [0.1, 0.15) is 17.4 Å². The van der Waals surface area contributed by atoms with E-state index < -0.39 is 0 Å². The van der Waals surface area contributed by atoms with Gasteiger partial charge in [-0.05, 0) is 18.1 Å². The molecule has 3 aromatic heterocycles. The predicted octanol–water partition coefficient (Wildman–Crippen LogP) is 3.33. The molecule has 3 aromatic rings. The molecule has 1 N–H and O–H groups in total. The molecule has 0 saturated carbocycles. The van der Waals surface area contributed by atoms with Gasteiger partial charge in [-0.25, -0.2) is 10.4 Å². The van der Waals surface area contributed by atoms with Gasteiger partial charge in [0, 0.05) is 24.2 Å². The number of anilines is 1. The second-order valence-corrected chi connectivity index (χ2v) is 5.43. The molecule has 7 heteroatoms. The highest BCUT2D eigenvalue weighted by atomic mass is 16.4. The Kier molecular flexibility index (Phi) is 4.06. The average molecular weight is 309 g/mol. The van der Waals surface area contributed by atoms with Crippen molar-refractivity contribution in [1.29, 1.82) is 5.26 Å². The lowest BCUT2D eigenvalue weighted by Gasteiger charge is -1.97. The van der Waals surface area contributed by atoms with Crippen molar-refractivity contribution in [3.8, 4) is 6.07 Å². The predicted molar refractivity (Wildman–Crippen MR) is 85.0 cm³/mol. The van der Waals surface area contributed by atoms with Gasteiger partial charge in [0.05, 0.1) is 6.21 Å². The van der Waals surface area contributed by atoms with Gasteiger partial charge in [0.2, 0.25) is 5.69 Å². The molecule has 0 aliphatic carbocycles. The minimum Gasteiger partial charge on any atom is -0.455 e. The number of fused-ring (bicyclic) bond motifs is 1. The summed E-state index contributed by atoms with van der Waals surface area (Å²) < 4.78 is 11.1. The molecule has 7 nitrogen and oxygen atoms in total. The Hall–Kier alpha value is -3.14. The van der Waals surface area contributed by atoms with Crippen molar-refractivity contribution in [3.63, 3.8) is 0 Å². The molecular weight excluding hydrogens is 294 g/mol. The largest absolute Gasteiger partial charge is 0.455 e. The van der Waals surface area contributed by atoms with Crippen LogP contribution < -0.4 is 5.43 Å². The molecule has 0 saturated heterocycles. The van der Waals surface area contributed by atoms with Crippen molar-refractivity contribution in [3.05, 3.63) is 41.9 Å². The highest BCUT2D eigenvalue weighted by Crippen LogP contribution is 2.19. The smallest absolute Gasteiger partial charge is 0.252 e. The standard InChI is InChI=1S/C16H15N5O2/c1-10(2)5-15-20-13(7-17)16(23-15)21-19-9-12-6-11-8-18-4-3-14(11)22-12/h3-4,6,8-10,21H,5H2,1-2H3/b19-9+. The second kappa shape index (κ2) is 6.32. The fourth-order valence-electron chi connectivity index (χ4n) is 2.08. The first-order valence-electron chi connectivity index (χ1n) is 7.18. The van der Waals surface area contributed by atoms with Crippen LogP contribution in [0.1, 0.15) is 31.2 Å². The van der Waals surface area contributed by atoms with E-state index in [1.54, 1.807) is 18.5 Å².